The molecule has 0 bridgehead atoms. The second kappa shape index (κ2) is 5.52. The molecule has 2 rings (SSSR count). The smallest absolute Gasteiger partial charge is 0.325 e. The molecule has 0 saturated heterocycles. The summed E-state index contributed by atoms with van der Waals surface area (Å²) in [5.41, 5.74) is 2.69. The molecule has 0 aliphatic rings. The normalized spacial score (nSPS) is 10.3. The van der Waals surface area contributed by atoms with Gasteiger partial charge in [0, 0.05) is 5.69 Å². The summed E-state index contributed by atoms with van der Waals surface area (Å²) in [7, 11) is 0. The Morgan fingerprint density at radius 2 is 1.95 bits per heavy atom. The Morgan fingerprint density at radius 1 is 1.30 bits per heavy atom. The maximum Gasteiger partial charge on any atom is 0.325 e. The van der Waals surface area contributed by atoms with Gasteiger partial charge in [-0.3, -0.25) is 9.59 Å². The van der Waals surface area contributed by atoms with Crippen LogP contribution in [0.1, 0.15) is 21.6 Å². The van der Waals surface area contributed by atoms with E-state index in [9.17, 15) is 9.59 Å². The Kier molecular flexibility index (Phi) is 3.79. The lowest BCUT2D eigenvalue weighted by Crippen LogP contribution is -2.14. The molecule has 7 nitrogen and oxygen atoms in total. The molecular weight excluding hydrogens is 260 g/mol. The molecule has 0 aliphatic heterocycles. The number of aromatic nitrogens is 3. The molecule has 0 unspecified atom stereocenters. The first-order valence-corrected chi connectivity index (χ1v) is 5.97. The van der Waals surface area contributed by atoms with E-state index in [1.165, 1.54) is 6.20 Å². The van der Waals surface area contributed by atoms with Gasteiger partial charge in [0.05, 0.1) is 6.20 Å². The van der Waals surface area contributed by atoms with Gasteiger partial charge in [0.2, 0.25) is 0 Å². The zero-order chi connectivity index (χ0) is 14.7. The molecule has 1 amide bonds. The number of rotatable bonds is 4. The SMILES string of the molecule is Cc1cccc(C)c1NC(=O)c1cn(CC(=O)O)nn1. The third-order valence-electron chi connectivity index (χ3n) is 2.79. The number of carboxylic acid groups (broad SMARTS) is 1. The third kappa shape index (κ3) is 3.00. The van der Waals surface area contributed by atoms with Crippen molar-refractivity contribution in [1.82, 2.24) is 15.0 Å². The van der Waals surface area contributed by atoms with Crippen LogP contribution in [0.15, 0.2) is 24.4 Å². The predicted molar refractivity (Wildman–Crippen MR) is 71.5 cm³/mol. The zero-order valence-electron chi connectivity index (χ0n) is 11.1. The highest BCUT2D eigenvalue weighted by Crippen LogP contribution is 2.19. The van der Waals surface area contributed by atoms with Crippen LogP contribution in [0.2, 0.25) is 0 Å². The number of hydrogen-bond acceptors (Lipinski definition) is 4. The number of hydrogen-bond donors (Lipinski definition) is 2. The number of aryl methyl sites for hydroxylation is 2. The van der Waals surface area contributed by atoms with E-state index in [4.69, 9.17) is 5.11 Å². The van der Waals surface area contributed by atoms with E-state index < -0.39 is 11.9 Å². The Bertz CT molecular complexity index is 643. The number of aliphatic carboxylic acids is 1. The van der Waals surface area contributed by atoms with Gasteiger partial charge in [-0.25, -0.2) is 4.68 Å². The molecule has 1 aromatic carbocycles. The summed E-state index contributed by atoms with van der Waals surface area (Å²) in [5.74, 6) is -1.46. The van der Waals surface area contributed by atoms with Gasteiger partial charge in [-0.15, -0.1) is 5.10 Å². The second-order valence-electron chi connectivity index (χ2n) is 4.42. The van der Waals surface area contributed by atoms with Crippen molar-refractivity contribution in [3.8, 4) is 0 Å². The van der Waals surface area contributed by atoms with E-state index in [0.29, 0.717) is 0 Å². The molecule has 0 fully saturated rings. The number of para-hydroxylation sites is 1. The van der Waals surface area contributed by atoms with Gasteiger partial charge in [0.25, 0.3) is 5.91 Å². The summed E-state index contributed by atoms with van der Waals surface area (Å²) < 4.78 is 1.10. The first-order valence-electron chi connectivity index (χ1n) is 5.97. The Morgan fingerprint density at radius 3 is 2.55 bits per heavy atom. The maximum absolute atomic E-state index is 12.0. The van der Waals surface area contributed by atoms with Crippen LogP contribution >= 0.6 is 0 Å². The fourth-order valence-electron chi connectivity index (χ4n) is 1.81. The largest absolute Gasteiger partial charge is 0.480 e. The maximum atomic E-state index is 12.0. The highest BCUT2D eigenvalue weighted by molar-refractivity contribution is 6.03. The van der Waals surface area contributed by atoms with Crippen molar-refractivity contribution in [1.29, 1.82) is 0 Å². The highest BCUT2D eigenvalue weighted by atomic mass is 16.4. The summed E-state index contributed by atoms with van der Waals surface area (Å²) in [4.78, 5) is 22.6. The van der Waals surface area contributed by atoms with E-state index in [2.05, 4.69) is 15.6 Å². The second-order valence-corrected chi connectivity index (χ2v) is 4.42. The third-order valence-corrected chi connectivity index (χ3v) is 2.79. The number of carbonyl (C=O) groups excluding carboxylic acids is 1. The van der Waals surface area contributed by atoms with Gasteiger partial charge in [0.15, 0.2) is 5.69 Å². The fraction of sp³-hybridized carbons (Fsp3) is 0.231. The average Bonchev–Trinajstić information content (AvgIpc) is 2.81. The van der Waals surface area contributed by atoms with Crippen LogP contribution in [-0.2, 0) is 11.3 Å². The Hall–Kier alpha value is -2.70. The van der Waals surface area contributed by atoms with Crippen molar-refractivity contribution in [3.05, 3.63) is 41.2 Å². The average molecular weight is 274 g/mol. The molecule has 2 N–H and O–H groups in total. The van der Waals surface area contributed by atoms with Gasteiger partial charge < -0.3 is 10.4 Å². The first-order chi connectivity index (χ1) is 9.47. The zero-order valence-corrected chi connectivity index (χ0v) is 11.1. The van der Waals surface area contributed by atoms with Gasteiger partial charge >= 0.3 is 5.97 Å². The lowest BCUT2D eigenvalue weighted by atomic mass is 10.1. The minimum absolute atomic E-state index is 0.0777. The van der Waals surface area contributed by atoms with Crippen molar-refractivity contribution < 1.29 is 14.7 Å². The Labute approximate surface area is 115 Å². The lowest BCUT2D eigenvalue weighted by molar-refractivity contribution is -0.137. The molecule has 0 radical (unpaired) electrons. The van der Waals surface area contributed by atoms with Crippen LogP contribution < -0.4 is 5.32 Å². The molecule has 1 heterocycles. The summed E-state index contributed by atoms with van der Waals surface area (Å²) in [6.45, 7) is 3.46. The number of benzene rings is 1. The molecule has 104 valence electrons. The highest BCUT2D eigenvalue weighted by Gasteiger charge is 2.14. The van der Waals surface area contributed by atoms with Crippen LogP contribution in [0.25, 0.3) is 0 Å². The van der Waals surface area contributed by atoms with E-state index >= 15 is 0 Å². The van der Waals surface area contributed by atoms with Crippen molar-refractivity contribution >= 4 is 17.6 Å². The molecular formula is C13H14N4O3. The molecule has 0 atom stereocenters. The molecule has 0 saturated carbocycles. The fourth-order valence-corrected chi connectivity index (χ4v) is 1.81. The van der Waals surface area contributed by atoms with E-state index in [1.54, 1.807) is 0 Å². The molecule has 20 heavy (non-hydrogen) atoms. The molecule has 2 aromatic rings. The number of carbonyl (C=O) groups is 2. The van der Waals surface area contributed by atoms with Crippen molar-refractivity contribution in [2.24, 2.45) is 0 Å². The van der Waals surface area contributed by atoms with E-state index in [1.807, 2.05) is 32.0 Å². The quantitative estimate of drug-likeness (QED) is 0.874. The number of carboxylic acids is 1. The van der Waals surface area contributed by atoms with Crippen LogP contribution in [0.3, 0.4) is 0 Å². The van der Waals surface area contributed by atoms with Gasteiger partial charge in [-0.2, -0.15) is 0 Å². The van der Waals surface area contributed by atoms with Crippen molar-refractivity contribution in [3.63, 3.8) is 0 Å². The lowest BCUT2D eigenvalue weighted by Gasteiger charge is -2.09. The molecule has 1 aromatic heterocycles. The van der Waals surface area contributed by atoms with Gasteiger partial charge in [0.1, 0.15) is 6.54 Å². The topological polar surface area (TPSA) is 97.1 Å². The first kappa shape index (κ1) is 13.7. The number of amides is 1. The van der Waals surface area contributed by atoms with Gasteiger partial charge in [-0.1, -0.05) is 23.4 Å². The van der Waals surface area contributed by atoms with E-state index in [-0.39, 0.29) is 12.2 Å². The van der Waals surface area contributed by atoms with Crippen LogP contribution in [0, 0.1) is 13.8 Å². The number of anilines is 1. The van der Waals surface area contributed by atoms with Gasteiger partial charge in [-0.05, 0) is 25.0 Å². The van der Waals surface area contributed by atoms with Crippen LogP contribution in [0.4, 0.5) is 5.69 Å². The molecule has 0 aliphatic carbocycles. The standard InChI is InChI=1S/C13H14N4O3/c1-8-4-3-5-9(2)12(8)14-13(20)10-6-17(16-15-10)7-11(18)19/h3-6H,7H2,1-2H3,(H,14,20)(H,18,19). The summed E-state index contributed by atoms with van der Waals surface area (Å²) in [6, 6.07) is 5.69. The molecule has 7 heteroatoms. The van der Waals surface area contributed by atoms with Crippen molar-refractivity contribution in [2.75, 3.05) is 5.32 Å². The van der Waals surface area contributed by atoms with Crippen LogP contribution in [-0.4, -0.2) is 32.0 Å². The predicted octanol–water partition coefficient (Wildman–Crippen LogP) is 1.23. The number of nitrogens with one attached hydrogen (secondary N) is 1. The number of nitrogens with zero attached hydrogens (tertiary/aromatic N) is 3. The van der Waals surface area contributed by atoms with E-state index in [0.717, 1.165) is 21.5 Å². The van der Waals surface area contributed by atoms with Crippen molar-refractivity contribution in [2.45, 2.75) is 20.4 Å². The minimum atomic E-state index is -1.04. The monoisotopic (exact) mass is 274 g/mol. The summed E-state index contributed by atoms with van der Waals surface area (Å²) in [5, 5.41) is 18.6. The molecule has 0 spiro atoms. The summed E-state index contributed by atoms with van der Waals surface area (Å²) >= 11 is 0. The summed E-state index contributed by atoms with van der Waals surface area (Å²) in [6.07, 6.45) is 1.30. The Balaban J connectivity index is 2.16. The minimum Gasteiger partial charge on any atom is -0.480 e. The van der Waals surface area contributed by atoms with Crippen LogP contribution in [0.5, 0.6) is 0 Å².